The van der Waals surface area contributed by atoms with Gasteiger partial charge in [-0.3, -0.25) is 9.59 Å². The van der Waals surface area contributed by atoms with Crippen LogP contribution in [0.4, 0.5) is 11.5 Å². The smallest absolute Gasteiger partial charge is 0.225 e. The summed E-state index contributed by atoms with van der Waals surface area (Å²) in [4.78, 5) is 29.7. The molecule has 2 aromatic rings. The fourth-order valence-electron chi connectivity index (χ4n) is 4.76. The Balaban J connectivity index is 1.54. The van der Waals surface area contributed by atoms with Gasteiger partial charge in [-0.2, -0.15) is 5.10 Å². The number of rotatable bonds is 5. The second-order valence-electron chi connectivity index (χ2n) is 9.20. The fraction of sp³-hybridized carbons (Fsp3) is 0.560. The number of carbonyl (C=O) groups excluding carboxylic acids is 2. The molecule has 0 atom stereocenters. The van der Waals surface area contributed by atoms with E-state index in [-0.39, 0.29) is 11.8 Å². The van der Waals surface area contributed by atoms with Crippen molar-refractivity contribution < 1.29 is 9.59 Å². The fourth-order valence-corrected chi connectivity index (χ4v) is 4.76. The minimum Gasteiger partial charge on any atom is -0.355 e. The van der Waals surface area contributed by atoms with E-state index in [1.165, 1.54) is 0 Å². The number of carbonyl (C=O) groups is 2. The zero-order valence-electron chi connectivity index (χ0n) is 19.5. The first-order valence-electron chi connectivity index (χ1n) is 12.0. The van der Waals surface area contributed by atoms with E-state index >= 15 is 0 Å². The number of hydrogen-bond donors (Lipinski definition) is 1. The number of nitrogens with zero attached hydrogens (tertiary/aromatic N) is 4. The molecule has 2 saturated heterocycles. The maximum absolute atomic E-state index is 13.1. The summed E-state index contributed by atoms with van der Waals surface area (Å²) in [6, 6.07) is 10.0. The average Bonchev–Trinajstić information content (AvgIpc) is 3.15. The number of anilines is 2. The predicted octanol–water partition coefficient (Wildman–Crippen LogP) is 4.00. The molecule has 7 heteroatoms. The lowest BCUT2D eigenvalue weighted by atomic mass is 9.92. The van der Waals surface area contributed by atoms with Gasteiger partial charge in [-0.05, 0) is 50.7 Å². The number of nitrogens with one attached hydrogen (secondary N) is 1. The predicted molar refractivity (Wildman–Crippen MR) is 127 cm³/mol. The lowest BCUT2D eigenvalue weighted by molar-refractivity contribution is -0.137. The van der Waals surface area contributed by atoms with Gasteiger partial charge in [-0.1, -0.05) is 32.0 Å². The summed E-state index contributed by atoms with van der Waals surface area (Å²) in [7, 11) is 0. The lowest BCUT2D eigenvalue weighted by Gasteiger charge is -2.37. The van der Waals surface area contributed by atoms with E-state index in [2.05, 4.69) is 22.0 Å². The number of aromatic nitrogens is 2. The van der Waals surface area contributed by atoms with Gasteiger partial charge in [-0.25, -0.2) is 4.68 Å². The zero-order valence-corrected chi connectivity index (χ0v) is 19.5. The van der Waals surface area contributed by atoms with Crippen LogP contribution < -0.4 is 10.2 Å². The first-order chi connectivity index (χ1) is 15.5. The molecule has 3 heterocycles. The molecule has 4 rings (SSSR count). The van der Waals surface area contributed by atoms with Crippen LogP contribution in [0.5, 0.6) is 0 Å². The number of benzene rings is 1. The van der Waals surface area contributed by atoms with Gasteiger partial charge in [0.1, 0.15) is 5.69 Å². The molecule has 0 spiro atoms. The molecule has 32 heavy (non-hydrogen) atoms. The Labute approximate surface area is 190 Å². The van der Waals surface area contributed by atoms with Gasteiger partial charge in [-0.15, -0.1) is 0 Å². The second kappa shape index (κ2) is 9.76. The molecule has 1 aromatic carbocycles. The molecule has 7 nitrogen and oxygen atoms in total. The third-order valence-corrected chi connectivity index (χ3v) is 6.86. The van der Waals surface area contributed by atoms with Crippen LogP contribution in [0, 0.1) is 18.8 Å². The van der Waals surface area contributed by atoms with Crippen molar-refractivity contribution >= 4 is 23.3 Å². The molecule has 0 saturated carbocycles. The summed E-state index contributed by atoms with van der Waals surface area (Å²) in [5, 5.41) is 7.83. The van der Waals surface area contributed by atoms with Gasteiger partial charge in [0.25, 0.3) is 0 Å². The summed E-state index contributed by atoms with van der Waals surface area (Å²) in [6.07, 6.45) is 4.29. The SMILES string of the molecule is CCC(=O)Nc1c(C)nn(-c2ccccc2)c1N1CCC(C(=O)N2CCC(C)CC2)CC1. The van der Waals surface area contributed by atoms with Crippen molar-refractivity contribution in [2.75, 3.05) is 36.4 Å². The van der Waals surface area contributed by atoms with Gasteiger partial charge in [0, 0.05) is 38.5 Å². The quantitative estimate of drug-likeness (QED) is 0.767. The molecule has 2 amide bonds. The maximum atomic E-state index is 13.1. The number of para-hydroxylation sites is 1. The topological polar surface area (TPSA) is 70.5 Å². The Morgan fingerprint density at radius 2 is 1.69 bits per heavy atom. The van der Waals surface area contributed by atoms with Crippen LogP contribution in [0.1, 0.15) is 51.6 Å². The molecule has 2 fully saturated rings. The van der Waals surface area contributed by atoms with E-state index in [9.17, 15) is 9.59 Å². The molecule has 2 aliphatic heterocycles. The Morgan fingerprint density at radius 3 is 2.31 bits per heavy atom. The zero-order chi connectivity index (χ0) is 22.7. The minimum atomic E-state index is -0.0219. The monoisotopic (exact) mass is 437 g/mol. The van der Waals surface area contributed by atoms with Crippen LogP contribution in [-0.2, 0) is 9.59 Å². The van der Waals surface area contributed by atoms with Crippen LogP contribution in [-0.4, -0.2) is 52.7 Å². The first-order valence-corrected chi connectivity index (χ1v) is 12.0. The maximum Gasteiger partial charge on any atom is 0.225 e. The Kier molecular flexibility index (Phi) is 6.82. The Hall–Kier alpha value is -2.83. The van der Waals surface area contributed by atoms with Crippen LogP contribution in [0.25, 0.3) is 5.69 Å². The first kappa shape index (κ1) is 22.4. The van der Waals surface area contributed by atoms with Gasteiger partial charge in [0.2, 0.25) is 11.8 Å². The van der Waals surface area contributed by atoms with E-state index in [4.69, 9.17) is 5.10 Å². The van der Waals surface area contributed by atoms with E-state index in [1.54, 1.807) is 0 Å². The van der Waals surface area contributed by atoms with Crippen LogP contribution in [0.2, 0.25) is 0 Å². The van der Waals surface area contributed by atoms with Crippen molar-refractivity contribution in [1.82, 2.24) is 14.7 Å². The summed E-state index contributed by atoms with van der Waals surface area (Å²) in [5.74, 6) is 2.02. The van der Waals surface area contributed by atoms with Crippen molar-refractivity contribution in [3.05, 3.63) is 36.0 Å². The van der Waals surface area contributed by atoms with E-state index < -0.39 is 0 Å². The highest BCUT2D eigenvalue weighted by molar-refractivity contribution is 5.94. The van der Waals surface area contributed by atoms with Crippen LogP contribution >= 0.6 is 0 Å². The molecule has 0 radical (unpaired) electrons. The molecule has 2 aliphatic rings. The molecule has 0 unspecified atom stereocenters. The lowest BCUT2D eigenvalue weighted by Crippen LogP contribution is -2.45. The minimum absolute atomic E-state index is 0.0219. The van der Waals surface area contributed by atoms with Crippen molar-refractivity contribution in [2.45, 2.75) is 52.9 Å². The number of likely N-dealkylation sites (tertiary alicyclic amines) is 1. The third-order valence-electron chi connectivity index (χ3n) is 6.86. The second-order valence-corrected chi connectivity index (χ2v) is 9.20. The molecular formula is C25H35N5O2. The van der Waals surface area contributed by atoms with E-state index in [0.717, 1.165) is 80.7 Å². The van der Waals surface area contributed by atoms with Gasteiger partial charge in [0.05, 0.1) is 11.4 Å². The summed E-state index contributed by atoms with van der Waals surface area (Å²) < 4.78 is 1.93. The van der Waals surface area contributed by atoms with Gasteiger partial charge < -0.3 is 15.1 Å². The normalized spacial score (nSPS) is 18.1. The highest BCUT2D eigenvalue weighted by Gasteiger charge is 2.32. The van der Waals surface area contributed by atoms with Crippen LogP contribution in [0.3, 0.4) is 0 Å². The standard InChI is InChI=1S/C25H35N5O2/c1-4-22(31)26-23-19(3)27-30(21-8-6-5-7-9-21)24(23)28-16-12-20(13-17-28)25(32)29-14-10-18(2)11-15-29/h5-9,18,20H,4,10-17H2,1-3H3,(H,26,31). The number of amides is 2. The molecule has 1 N–H and O–H groups in total. The average molecular weight is 438 g/mol. The summed E-state index contributed by atoms with van der Waals surface area (Å²) in [6.45, 7) is 9.39. The summed E-state index contributed by atoms with van der Waals surface area (Å²) in [5.41, 5.74) is 2.53. The number of aryl methyl sites for hydroxylation is 1. The van der Waals surface area contributed by atoms with Crippen molar-refractivity contribution in [3.63, 3.8) is 0 Å². The Bertz CT molecular complexity index is 939. The van der Waals surface area contributed by atoms with Crippen molar-refractivity contribution in [2.24, 2.45) is 11.8 Å². The highest BCUT2D eigenvalue weighted by Crippen LogP contribution is 2.35. The summed E-state index contributed by atoms with van der Waals surface area (Å²) >= 11 is 0. The Morgan fingerprint density at radius 1 is 1.03 bits per heavy atom. The largest absolute Gasteiger partial charge is 0.355 e. The van der Waals surface area contributed by atoms with Crippen LogP contribution in [0.15, 0.2) is 30.3 Å². The van der Waals surface area contributed by atoms with Gasteiger partial charge in [0.15, 0.2) is 5.82 Å². The van der Waals surface area contributed by atoms with E-state index in [1.807, 2.05) is 48.9 Å². The highest BCUT2D eigenvalue weighted by atomic mass is 16.2. The van der Waals surface area contributed by atoms with Gasteiger partial charge >= 0.3 is 0 Å². The molecule has 1 aromatic heterocycles. The third kappa shape index (κ3) is 4.66. The molecule has 172 valence electrons. The van der Waals surface area contributed by atoms with Crippen molar-refractivity contribution in [3.8, 4) is 5.69 Å². The molecular weight excluding hydrogens is 402 g/mol. The molecule has 0 aliphatic carbocycles. The molecule has 0 bridgehead atoms. The van der Waals surface area contributed by atoms with Crippen molar-refractivity contribution in [1.29, 1.82) is 0 Å². The van der Waals surface area contributed by atoms with E-state index in [0.29, 0.717) is 12.3 Å². The number of hydrogen-bond acceptors (Lipinski definition) is 4. The number of piperidine rings is 2.